The van der Waals surface area contributed by atoms with Gasteiger partial charge in [0.1, 0.15) is 17.8 Å². The Balaban J connectivity index is 2.31. The number of aryl methyl sites for hydroxylation is 1. The second-order valence-corrected chi connectivity index (χ2v) is 3.91. The third-order valence-electron chi connectivity index (χ3n) is 1.70. The van der Waals surface area contributed by atoms with Crippen molar-refractivity contribution in [2.75, 3.05) is 0 Å². The van der Waals surface area contributed by atoms with Crippen LogP contribution in [0, 0.1) is 12.3 Å². The third-order valence-corrected chi connectivity index (χ3v) is 2.44. The smallest absolute Gasteiger partial charge is 0.263 e. The molecule has 0 fully saturated rings. The van der Waals surface area contributed by atoms with Crippen LogP contribution in [0.2, 0.25) is 0 Å². The van der Waals surface area contributed by atoms with Gasteiger partial charge in [0.05, 0.1) is 6.20 Å². The zero-order valence-electron chi connectivity index (χ0n) is 8.47. The normalized spacial score (nSPS) is 10.3. The van der Waals surface area contributed by atoms with E-state index in [-0.39, 0.29) is 5.84 Å². The van der Waals surface area contributed by atoms with Crippen molar-refractivity contribution < 1.29 is 4.42 Å². The van der Waals surface area contributed by atoms with Gasteiger partial charge in [-0.3, -0.25) is 5.41 Å². The minimum absolute atomic E-state index is 0.0836. The van der Waals surface area contributed by atoms with E-state index in [1.54, 1.807) is 12.3 Å². The van der Waals surface area contributed by atoms with Gasteiger partial charge in [0, 0.05) is 17.5 Å². The Bertz CT molecular complexity index is 511. The first-order chi connectivity index (χ1) is 7.65. The number of oxazole rings is 1. The predicted molar refractivity (Wildman–Crippen MR) is 58.4 cm³/mol. The Morgan fingerprint density at radius 2 is 2.31 bits per heavy atom. The molecule has 0 aliphatic rings. The van der Waals surface area contributed by atoms with Crippen molar-refractivity contribution in [1.82, 2.24) is 15.0 Å². The van der Waals surface area contributed by atoms with Gasteiger partial charge >= 0.3 is 0 Å². The van der Waals surface area contributed by atoms with Crippen LogP contribution >= 0.6 is 11.8 Å². The summed E-state index contributed by atoms with van der Waals surface area (Å²) in [4.78, 5) is 12.2. The lowest BCUT2D eigenvalue weighted by Crippen LogP contribution is -2.14. The van der Waals surface area contributed by atoms with E-state index in [4.69, 9.17) is 15.6 Å². The maximum absolute atomic E-state index is 7.32. The Morgan fingerprint density at radius 1 is 1.50 bits per heavy atom. The van der Waals surface area contributed by atoms with Gasteiger partial charge in [0.2, 0.25) is 0 Å². The standard InChI is InChI=1S/C9H9N5OS/c1-5-4-6(7(10)11)14-8(13-5)16-9-12-2-3-15-9/h2-4H,1H3,(H3,10,11). The predicted octanol–water partition coefficient (Wildman–Crippen LogP) is 1.21. The van der Waals surface area contributed by atoms with Gasteiger partial charge < -0.3 is 10.2 Å². The zero-order chi connectivity index (χ0) is 11.5. The van der Waals surface area contributed by atoms with Gasteiger partial charge in [0.15, 0.2) is 5.16 Å². The van der Waals surface area contributed by atoms with Gasteiger partial charge in [-0.05, 0) is 13.0 Å². The molecule has 3 N–H and O–H groups in total. The molecule has 2 rings (SSSR count). The highest BCUT2D eigenvalue weighted by molar-refractivity contribution is 7.98. The first kappa shape index (κ1) is 10.6. The lowest BCUT2D eigenvalue weighted by molar-refractivity contribution is 0.453. The van der Waals surface area contributed by atoms with Crippen LogP contribution in [0.3, 0.4) is 0 Å². The fourth-order valence-corrected chi connectivity index (χ4v) is 1.77. The topological polar surface area (TPSA) is 102 Å². The summed E-state index contributed by atoms with van der Waals surface area (Å²) in [7, 11) is 0. The minimum Gasteiger partial charge on any atom is -0.440 e. The molecule has 0 atom stereocenters. The lowest BCUT2D eigenvalue weighted by atomic mass is 10.3. The molecule has 16 heavy (non-hydrogen) atoms. The van der Waals surface area contributed by atoms with E-state index in [1.165, 1.54) is 18.0 Å². The van der Waals surface area contributed by atoms with Crippen LogP contribution in [0.25, 0.3) is 0 Å². The van der Waals surface area contributed by atoms with E-state index in [9.17, 15) is 0 Å². The van der Waals surface area contributed by atoms with Crippen LogP contribution in [-0.4, -0.2) is 20.8 Å². The second kappa shape index (κ2) is 4.31. The van der Waals surface area contributed by atoms with Crippen molar-refractivity contribution in [1.29, 1.82) is 5.41 Å². The number of nitrogens with zero attached hydrogens (tertiary/aromatic N) is 3. The number of nitrogens with one attached hydrogen (secondary N) is 1. The van der Waals surface area contributed by atoms with Gasteiger partial charge in [-0.2, -0.15) is 0 Å². The molecule has 0 unspecified atom stereocenters. The van der Waals surface area contributed by atoms with Crippen LogP contribution < -0.4 is 5.73 Å². The fourth-order valence-electron chi connectivity index (χ4n) is 1.06. The van der Waals surface area contributed by atoms with Gasteiger partial charge in [-0.25, -0.2) is 15.0 Å². The molecular formula is C9H9N5OS. The summed E-state index contributed by atoms with van der Waals surface area (Å²) >= 11 is 1.19. The van der Waals surface area contributed by atoms with Crippen molar-refractivity contribution in [3.63, 3.8) is 0 Å². The highest BCUT2D eigenvalue weighted by atomic mass is 32.2. The molecule has 0 saturated carbocycles. The number of aromatic nitrogens is 3. The molecule has 82 valence electrons. The van der Waals surface area contributed by atoms with E-state index in [0.717, 1.165) is 5.69 Å². The van der Waals surface area contributed by atoms with E-state index in [0.29, 0.717) is 16.1 Å². The number of hydrogen-bond acceptors (Lipinski definition) is 6. The molecule has 0 spiro atoms. The molecule has 0 saturated heterocycles. The average Bonchev–Trinajstić information content (AvgIpc) is 2.69. The maximum Gasteiger partial charge on any atom is 0.263 e. The van der Waals surface area contributed by atoms with Crippen molar-refractivity contribution in [3.8, 4) is 0 Å². The molecule has 7 heteroatoms. The Kier molecular flexibility index (Phi) is 2.86. The van der Waals surface area contributed by atoms with E-state index in [2.05, 4.69) is 15.0 Å². The summed E-state index contributed by atoms with van der Waals surface area (Å²) in [6.07, 6.45) is 3.02. The van der Waals surface area contributed by atoms with E-state index >= 15 is 0 Å². The molecule has 0 radical (unpaired) electrons. The average molecular weight is 235 g/mol. The van der Waals surface area contributed by atoms with Gasteiger partial charge in [-0.15, -0.1) is 0 Å². The number of hydrogen-bond donors (Lipinski definition) is 2. The van der Waals surface area contributed by atoms with E-state index < -0.39 is 0 Å². The van der Waals surface area contributed by atoms with Crippen molar-refractivity contribution in [2.24, 2.45) is 5.73 Å². The highest BCUT2D eigenvalue weighted by Gasteiger charge is 2.08. The fraction of sp³-hybridized carbons (Fsp3) is 0.111. The molecule has 0 aliphatic heterocycles. The molecule has 0 aromatic carbocycles. The van der Waals surface area contributed by atoms with Crippen molar-refractivity contribution >= 4 is 17.6 Å². The van der Waals surface area contributed by atoms with Crippen LogP contribution in [0.15, 0.2) is 33.3 Å². The number of nitrogen functional groups attached to an aromatic ring is 1. The summed E-state index contributed by atoms with van der Waals surface area (Å²) in [5.41, 5.74) is 6.52. The minimum atomic E-state index is -0.0836. The molecule has 2 heterocycles. The number of rotatable bonds is 3. The van der Waals surface area contributed by atoms with E-state index in [1.807, 2.05) is 6.92 Å². The van der Waals surface area contributed by atoms with Gasteiger partial charge in [-0.1, -0.05) is 0 Å². The first-order valence-electron chi connectivity index (χ1n) is 4.42. The second-order valence-electron chi connectivity index (χ2n) is 2.99. The SMILES string of the molecule is Cc1cc(C(=N)N)nc(Sc2ncco2)n1. The van der Waals surface area contributed by atoms with Crippen molar-refractivity contribution in [2.45, 2.75) is 17.3 Å². The van der Waals surface area contributed by atoms with Crippen LogP contribution in [-0.2, 0) is 0 Å². The summed E-state index contributed by atoms with van der Waals surface area (Å²) in [5.74, 6) is -0.0836. The zero-order valence-corrected chi connectivity index (χ0v) is 9.28. The molecule has 2 aromatic rings. The summed E-state index contributed by atoms with van der Waals surface area (Å²) in [5, 5.41) is 8.24. The molecular weight excluding hydrogens is 226 g/mol. The molecule has 0 amide bonds. The first-order valence-corrected chi connectivity index (χ1v) is 5.24. The largest absolute Gasteiger partial charge is 0.440 e. The van der Waals surface area contributed by atoms with Crippen LogP contribution in [0.5, 0.6) is 0 Å². The summed E-state index contributed by atoms with van der Waals surface area (Å²) in [6, 6.07) is 1.65. The quantitative estimate of drug-likeness (QED) is 0.471. The maximum atomic E-state index is 7.32. The molecule has 0 aliphatic carbocycles. The van der Waals surface area contributed by atoms with Crippen LogP contribution in [0.4, 0.5) is 0 Å². The number of nitrogens with two attached hydrogens (primary N) is 1. The Labute approximate surface area is 95.8 Å². The molecule has 6 nitrogen and oxygen atoms in total. The van der Waals surface area contributed by atoms with Crippen LogP contribution in [0.1, 0.15) is 11.4 Å². The Hall–Kier alpha value is -1.89. The molecule has 2 aromatic heterocycles. The number of amidine groups is 1. The summed E-state index contributed by atoms with van der Waals surface area (Å²) < 4.78 is 5.06. The third kappa shape index (κ3) is 2.37. The lowest BCUT2D eigenvalue weighted by Gasteiger charge is -2.02. The van der Waals surface area contributed by atoms with Crippen molar-refractivity contribution in [3.05, 3.63) is 29.9 Å². The highest BCUT2D eigenvalue weighted by Crippen LogP contribution is 2.22. The monoisotopic (exact) mass is 235 g/mol. The molecule has 0 bridgehead atoms. The Morgan fingerprint density at radius 3 is 2.94 bits per heavy atom. The summed E-state index contributed by atoms with van der Waals surface area (Å²) in [6.45, 7) is 1.81. The van der Waals surface area contributed by atoms with Gasteiger partial charge in [0.25, 0.3) is 5.22 Å².